The van der Waals surface area contributed by atoms with Crippen LogP contribution in [-0.4, -0.2) is 35.9 Å². The van der Waals surface area contributed by atoms with E-state index in [-0.39, 0.29) is 24.0 Å². The number of nitrogens with zero attached hydrogens (tertiary/aromatic N) is 3. The third kappa shape index (κ3) is 6.89. The maximum Gasteiger partial charge on any atom is 0.191 e. The summed E-state index contributed by atoms with van der Waals surface area (Å²) in [5.74, 6) is 1.68. The molecule has 0 bridgehead atoms. The molecule has 0 aliphatic rings. The van der Waals surface area contributed by atoms with Gasteiger partial charge in [0, 0.05) is 26.8 Å². The van der Waals surface area contributed by atoms with Crippen LogP contribution < -0.4 is 15.4 Å². The second-order valence-electron chi connectivity index (χ2n) is 4.81. The van der Waals surface area contributed by atoms with E-state index in [1.54, 1.807) is 13.2 Å². The fourth-order valence-electron chi connectivity index (χ4n) is 1.96. The molecule has 1 aromatic heterocycles. The number of benzene rings is 1. The highest BCUT2D eigenvalue weighted by Gasteiger charge is 2.01. The molecule has 0 aliphatic heterocycles. The molecule has 0 saturated heterocycles. The lowest BCUT2D eigenvalue weighted by Gasteiger charge is -2.12. The number of hydrogen-bond donors (Lipinski definition) is 2. The van der Waals surface area contributed by atoms with Gasteiger partial charge in [0.15, 0.2) is 5.96 Å². The van der Waals surface area contributed by atoms with E-state index >= 15 is 0 Å². The molecule has 0 fully saturated rings. The van der Waals surface area contributed by atoms with Gasteiger partial charge in [0.2, 0.25) is 0 Å². The molecular formula is C16H24IN5O. The summed E-state index contributed by atoms with van der Waals surface area (Å²) in [6.07, 6.45) is 2.69. The highest BCUT2D eigenvalue weighted by Crippen LogP contribution is 2.07. The summed E-state index contributed by atoms with van der Waals surface area (Å²) in [5.41, 5.74) is 1.11. The Bertz CT molecular complexity index is 585. The molecule has 6 nitrogen and oxygen atoms in total. The van der Waals surface area contributed by atoms with Crippen LogP contribution in [-0.2, 0) is 13.6 Å². The SMILES string of the molecule is CN=C(NCCCOc1ccccc1)NCc1ccnn1C.I. The first-order valence-electron chi connectivity index (χ1n) is 7.39. The van der Waals surface area contributed by atoms with Gasteiger partial charge in [-0.2, -0.15) is 5.10 Å². The smallest absolute Gasteiger partial charge is 0.191 e. The van der Waals surface area contributed by atoms with Crippen molar-refractivity contribution in [1.29, 1.82) is 0 Å². The summed E-state index contributed by atoms with van der Waals surface area (Å²) in [4.78, 5) is 4.20. The lowest BCUT2D eigenvalue weighted by atomic mass is 10.3. The second kappa shape index (κ2) is 10.9. The number of aromatic nitrogens is 2. The zero-order valence-corrected chi connectivity index (χ0v) is 15.9. The molecule has 1 heterocycles. The summed E-state index contributed by atoms with van der Waals surface area (Å²) in [7, 11) is 3.69. The summed E-state index contributed by atoms with van der Waals surface area (Å²) < 4.78 is 7.49. The van der Waals surface area contributed by atoms with Crippen LogP contribution >= 0.6 is 24.0 Å². The van der Waals surface area contributed by atoms with Gasteiger partial charge < -0.3 is 15.4 Å². The fraction of sp³-hybridized carbons (Fsp3) is 0.375. The molecule has 2 rings (SSSR count). The topological polar surface area (TPSA) is 63.5 Å². The summed E-state index contributed by atoms with van der Waals surface area (Å²) in [6, 6.07) is 11.8. The predicted molar refractivity (Wildman–Crippen MR) is 103 cm³/mol. The van der Waals surface area contributed by atoms with Crippen molar-refractivity contribution in [3.63, 3.8) is 0 Å². The van der Waals surface area contributed by atoms with Crippen molar-refractivity contribution in [2.75, 3.05) is 20.2 Å². The first-order chi connectivity index (χ1) is 10.8. The Morgan fingerprint density at radius 1 is 1.22 bits per heavy atom. The predicted octanol–water partition coefficient (Wildman–Crippen LogP) is 2.17. The number of halogens is 1. The number of aryl methyl sites for hydroxylation is 1. The zero-order chi connectivity index (χ0) is 15.6. The highest BCUT2D eigenvalue weighted by atomic mass is 127. The Balaban J connectivity index is 0.00000264. The first kappa shape index (κ1) is 19.3. The number of aliphatic imine (C=N–C) groups is 1. The van der Waals surface area contributed by atoms with Gasteiger partial charge in [-0.05, 0) is 24.6 Å². The third-order valence-electron chi connectivity index (χ3n) is 3.21. The van der Waals surface area contributed by atoms with Crippen molar-refractivity contribution in [3.8, 4) is 5.75 Å². The molecule has 0 radical (unpaired) electrons. The molecule has 0 amide bonds. The maximum atomic E-state index is 5.64. The minimum Gasteiger partial charge on any atom is -0.494 e. The van der Waals surface area contributed by atoms with Crippen molar-refractivity contribution in [2.45, 2.75) is 13.0 Å². The monoisotopic (exact) mass is 429 g/mol. The molecular weight excluding hydrogens is 405 g/mol. The summed E-state index contributed by atoms with van der Waals surface area (Å²) in [6.45, 7) is 2.17. The van der Waals surface area contributed by atoms with Crippen molar-refractivity contribution in [1.82, 2.24) is 20.4 Å². The largest absolute Gasteiger partial charge is 0.494 e. The van der Waals surface area contributed by atoms with Gasteiger partial charge >= 0.3 is 0 Å². The normalized spacial score (nSPS) is 10.8. The molecule has 7 heteroatoms. The Kier molecular flexibility index (Phi) is 9.11. The van der Waals surface area contributed by atoms with Gasteiger partial charge in [0.1, 0.15) is 5.75 Å². The van der Waals surface area contributed by atoms with Crippen LogP contribution in [0, 0.1) is 0 Å². The number of guanidine groups is 1. The number of para-hydroxylation sites is 1. The molecule has 1 aromatic carbocycles. The Morgan fingerprint density at radius 2 is 2.00 bits per heavy atom. The van der Waals surface area contributed by atoms with Gasteiger partial charge in [-0.25, -0.2) is 0 Å². The van der Waals surface area contributed by atoms with Crippen LogP contribution in [0.15, 0.2) is 47.6 Å². The molecule has 0 atom stereocenters. The van der Waals surface area contributed by atoms with Crippen LogP contribution in [0.4, 0.5) is 0 Å². The van der Waals surface area contributed by atoms with E-state index in [4.69, 9.17) is 4.74 Å². The Morgan fingerprint density at radius 3 is 2.65 bits per heavy atom. The van der Waals surface area contributed by atoms with Crippen LogP contribution in [0.2, 0.25) is 0 Å². The number of rotatable bonds is 7. The Labute approximate surface area is 154 Å². The van der Waals surface area contributed by atoms with Crippen molar-refractivity contribution < 1.29 is 4.74 Å². The lowest BCUT2D eigenvalue weighted by Crippen LogP contribution is -2.38. The van der Waals surface area contributed by atoms with E-state index in [9.17, 15) is 0 Å². The third-order valence-corrected chi connectivity index (χ3v) is 3.21. The van der Waals surface area contributed by atoms with Crippen LogP contribution in [0.1, 0.15) is 12.1 Å². The van der Waals surface area contributed by atoms with Gasteiger partial charge in [-0.3, -0.25) is 9.67 Å². The molecule has 23 heavy (non-hydrogen) atoms. The molecule has 2 N–H and O–H groups in total. The summed E-state index contributed by atoms with van der Waals surface area (Å²) >= 11 is 0. The van der Waals surface area contributed by atoms with E-state index < -0.39 is 0 Å². The van der Waals surface area contributed by atoms with Gasteiger partial charge in [0.25, 0.3) is 0 Å². The van der Waals surface area contributed by atoms with Gasteiger partial charge in [-0.1, -0.05) is 18.2 Å². The number of nitrogens with one attached hydrogen (secondary N) is 2. The van der Waals surface area contributed by atoms with E-state index in [1.165, 1.54) is 0 Å². The van der Waals surface area contributed by atoms with Crippen molar-refractivity contribution in [2.24, 2.45) is 12.0 Å². The van der Waals surface area contributed by atoms with Gasteiger partial charge in [0.05, 0.1) is 18.8 Å². The van der Waals surface area contributed by atoms with Crippen molar-refractivity contribution in [3.05, 3.63) is 48.3 Å². The van der Waals surface area contributed by atoms with E-state index in [1.807, 2.05) is 48.1 Å². The van der Waals surface area contributed by atoms with Gasteiger partial charge in [-0.15, -0.1) is 24.0 Å². The maximum absolute atomic E-state index is 5.64. The minimum absolute atomic E-state index is 0. The molecule has 0 aliphatic carbocycles. The standard InChI is InChI=1S/C16H23N5O.HI/c1-17-16(19-13-14-9-11-20-21(14)2)18-10-6-12-22-15-7-4-3-5-8-15;/h3-5,7-9,11H,6,10,12-13H2,1-2H3,(H2,17,18,19);1H. The fourth-order valence-corrected chi connectivity index (χ4v) is 1.96. The molecule has 0 unspecified atom stereocenters. The number of hydrogen-bond acceptors (Lipinski definition) is 3. The first-order valence-corrected chi connectivity index (χ1v) is 7.39. The van der Waals surface area contributed by atoms with Crippen molar-refractivity contribution >= 4 is 29.9 Å². The van der Waals surface area contributed by atoms with E-state index in [0.29, 0.717) is 13.2 Å². The average molecular weight is 429 g/mol. The van der Waals surface area contributed by atoms with E-state index in [0.717, 1.165) is 30.4 Å². The quantitative estimate of drug-likeness (QED) is 0.307. The van der Waals surface area contributed by atoms with Crippen LogP contribution in [0.5, 0.6) is 5.75 Å². The molecule has 0 saturated carbocycles. The van der Waals surface area contributed by atoms with Crippen LogP contribution in [0.25, 0.3) is 0 Å². The average Bonchev–Trinajstić information content (AvgIpc) is 2.96. The van der Waals surface area contributed by atoms with E-state index in [2.05, 4.69) is 20.7 Å². The van der Waals surface area contributed by atoms with Crippen LogP contribution in [0.3, 0.4) is 0 Å². The Hall–Kier alpha value is -1.77. The highest BCUT2D eigenvalue weighted by molar-refractivity contribution is 14.0. The minimum atomic E-state index is 0. The lowest BCUT2D eigenvalue weighted by molar-refractivity contribution is 0.311. The molecule has 126 valence electrons. The second-order valence-corrected chi connectivity index (χ2v) is 4.81. The summed E-state index contributed by atoms with van der Waals surface area (Å²) in [5, 5.41) is 10.7. The number of ether oxygens (including phenoxy) is 1. The molecule has 0 spiro atoms. The molecule has 2 aromatic rings. The zero-order valence-electron chi connectivity index (χ0n) is 13.5.